The zero-order valence-electron chi connectivity index (χ0n) is 9.30. The van der Waals surface area contributed by atoms with E-state index in [1.165, 1.54) is 16.7 Å². The molecule has 2 N–H and O–H groups in total. The van der Waals surface area contributed by atoms with E-state index < -0.39 is 0 Å². The van der Waals surface area contributed by atoms with Gasteiger partial charge < -0.3 is 5.73 Å². The first-order valence-electron chi connectivity index (χ1n) is 5.33. The molecule has 1 heteroatoms. The van der Waals surface area contributed by atoms with Crippen molar-refractivity contribution in [3.05, 3.63) is 34.9 Å². The lowest BCUT2D eigenvalue weighted by molar-refractivity contribution is 0.283. The van der Waals surface area contributed by atoms with Crippen molar-refractivity contribution in [2.75, 3.05) is 0 Å². The third kappa shape index (κ3) is 1.69. The zero-order valence-corrected chi connectivity index (χ0v) is 9.30. The van der Waals surface area contributed by atoms with Crippen LogP contribution in [0.1, 0.15) is 43.0 Å². The highest BCUT2D eigenvalue weighted by Crippen LogP contribution is 2.39. The lowest BCUT2D eigenvalue weighted by Crippen LogP contribution is -2.29. The molecular formula is C13H19N. The van der Waals surface area contributed by atoms with Gasteiger partial charge in [0.2, 0.25) is 0 Å². The lowest BCUT2D eigenvalue weighted by Gasteiger charge is -2.35. The fourth-order valence-corrected chi connectivity index (χ4v) is 2.51. The van der Waals surface area contributed by atoms with Gasteiger partial charge in [-0.25, -0.2) is 0 Å². The molecule has 1 aromatic rings. The van der Waals surface area contributed by atoms with Crippen molar-refractivity contribution >= 4 is 0 Å². The average Bonchev–Trinajstić information content (AvgIpc) is 2.05. The van der Waals surface area contributed by atoms with Crippen LogP contribution in [0, 0.1) is 12.3 Å². The predicted octanol–water partition coefficient (Wildman–Crippen LogP) is 2.97. The van der Waals surface area contributed by atoms with Crippen LogP contribution in [0.5, 0.6) is 0 Å². The molecule has 0 amide bonds. The Kier molecular flexibility index (Phi) is 2.15. The van der Waals surface area contributed by atoms with E-state index in [-0.39, 0.29) is 6.04 Å². The van der Waals surface area contributed by atoms with Crippen LogP contribution >= 0.6 is 0 Å². The van der Waals surface area contributed by atoms with Gasteiger partial charge in [-0.15, -0.1) is 0 Å². The first kappa shape index (κ1) is 9.72. The minimum absolute atomic E-state index is 0.230. The van der Waals surface area contributed by atoms with Gasteiger partial charge in [0.15, 0.2) is 0 Å². The first-order valence-corrected chi connectivity index (χ1v) is 5.33. The SMILES string of the molecule is Cc1ccc2c(c1)C(N)CC(C)(C)C2. The Labute approximate surface area is 86.3 Å². The van der Waals surface area contributed by atoms with Gasteiger partial charge in [-0.2, -0.15) is 0 Å². The standard InChI is InChI=1S/C13H19N/c1-9-4-5-10-7-13(2,3)8-12(14)11(10)6-9/h4-6,12H,7-8,14H2,1-3H3. The highest BCUT2D eigenvalue weighted by molar-refractivity contribution is 5.36. The van der Waals surface area contributed by atoms with Gasteiger partial charge in [0.1, 0.15) is 0 Å². The molecule has 0 bridgehead atoms. The summed E-state index contributed by atoms with van der Waals surface area (Å²) in [4.78, 5) is 0. The predicted molar refractivity (Wildman–Crippen MR) is 60.2 cm³/mol. The molecule has 0 radical (unpaired) electrons. The van der Waals surface area contributed by atoms with Crippen molar-refractivity contribution < 1.29 is 0 Å². The van der Waals surface area contributed by atoms with Crippen molar-refractivity contribution in [3.63, 3.8) is 0 Å². The fraction of sp³-hybridized carbons (Fsp3) is 0.538. The number of aryl methyl sites for hydroxylation is 1. The van der Waals surface area contributed by atoms with E-state index in [1.54, 1.807) is 0 Å². The van der Waals surface area contributed by atoms with Gasteiger partial charge in [-0.1, -0.05) is 37.6 Å². The van der Waals surface area contributed by atoms with Crippen LogP contribution in [0.2, 0.25) is 0 Å². The normalized spacial score (nSPS) is 24.4. The third-order valence-corrected chi connectivity index (χ3v) is 3.14. The van der Waals surface area contributed by atoms with Crippen molar-refractivity contribution in [3.8, 4) is 0 Å². The van der Waals surface area contributed by atoms with Gasteiger partial charge in [0, 0.05) is 6.04 Å². The number of hydrogen-bond donors (Lipinski definition) is 1. The van der Waals surface area contributed by atoms with E-state index in [2.05, 4.69) is 39.0 Å². The van der Waals surface area contributed by atoms with Crippen LogP contribution in [-0.4, -0.2) is 0 Å². The Morgan fingerprint density at radius 1 is 1.36 bits per heavy atom. The summed E-state index contributed by atoms with van der Waals surface area (Å²) >= 11 is 0. The molecule has 1 aromatic carbocycles. The molecule has 0 spiro atoms. The number of rotatable bonds is 0. The molecule has 0 saturated heterocycles. The molecule has 1 atom stereocenters. The van der Waals surface area contributed by atoms with E-state index in [0.717, 1.165) is 12.8 Å². The van der Waals surface area contributed by atoms with Crippen LogP contribution in [-0.2, 0) is 6.42 Å². The molecular weight excluding hydrogens is 170 g/mol. The minimum atomic E-state index is 0.230. The van der Waals surface area contributed by atoms with Crippen LogP contribution in [0.15, 0.2) is 18.2 Å². The summed E-state index contributed by atoms with van der Waals surface area (Å²) in [6.07, 6.45) is 2.26. The maximum atomic E-state index is 6.19. The lowest BCUT2D eigenvalue weighted by atomic mass is 9.72. The molecule has 1 unspecified atom stereocenters. The molecule has 0 aliphatic heterocycles. The van der Waals surface area contributed by atoms with Crippen LogP contribution in [0.4, 0.5) is 0 Å². The summed E-state index contributed by atoms with van der Waals surface area (Å²) in [6, 6.07) is 6.90. The Hall–Kier alpha value is -0.820. The number of benzene rings is 1. The number of fused-ring (bicyclic) bond motifs is 1. The Morgan fingerprint density at radius 3 is 2.79 bits per heavy atom. The summed E-state index contributed by atoms with van der Waals surface area (Å²) in [6.45, 7) is 6.73. The molecule has 0 heterocycles. The van der Waals surface area contributed by atoms with E-state index in [0.29, 0.717) is 5.41 Å². The summed E-state index contributed by atoms with van der Waals surface area (Å²) in [5, 5.41) is 0. The summed E-state index contributed by atoms with van der Waals surface area (Å²) < 4.78 is 0. The van der Waals surface area contributed by atoms with Crippen molar-refractivity contribution in [2.45, 2.75) is 39.7 Å². The molecule has 0 saturated carbocycles. The molecule has 1 nitrogen and oxygen atoms in total. The second-order valence-corrected chi connectivity index (χ2v) is 5.35. The highest BCUT2D eigenvalue weighted by Gasteiger charge is 2.29. The zero-order chi connectivity index (χ0) is 10.3. The van der Waals surface area contributed by atoms with Crippen LogP contribution in [0.25, 0.3) is 0 Å². The summed E-state index contributed by atoms with van der Waals surface area (Å²) in [5.41, 5.74) is 10.7. The van der Waals surface area contributed by atoms with Gasteiger partial charge in [0.05, 0.1) is 0 Å². The van der Waals surface area contributed by atoms with Gasteiger partial charge in [0.25, 0.3) is 0 Å². The average molecular weight is 189 g/mol. The Balaban J connectivity index is 2.45. The van der Waals surface area contributed by atoms with Crippen molar-refractivity contribution in [2.24, 2.45) is 11.1 Å². The van der Waals surface area contributed by atoms with Crippen molar-refractivity contribution in [1.82, 2.24) is 0 Å². The maximum Gasteiger partial charge on any atom is 0.0302 e. The van der Waals surface area contributed by atoms with Crippen molar-refractivity contribution in [1.29, 1.82) is 0 Å². The number of nitrogens with two attached hydrogens (primary N) is 1. The van der Waals surface area contributed by atoms with E-state index in [9.17, 15) is 0 Å². The van der Waals surface area contributed by atoms with Crippen LogP contribution in [0.3, 0.4) is 0 Å². The largest absolute Gasteiger partial charge is 0.324 e. The number of hydrogen-bond acceptors (Lipinski definition) is 1. The van der Waals surface area contributed by atoms with E-state index in [1.807, 2.05) is 0 Å². The topological polar surface area (TPSA) is 26.0 Å². The molecule has 0 fully saturated rings. The summed E-state index contributed by atoms with van der Waals surface area (Å²) in [7, 11) is 0. The molecule has 0 aromatic heterocycles. The second kappa shape index (κ2) is 3.09. The van der Waals surface area contributed by atoms with E-state index >= 15 is 0 Å². The quantitative estimate of drug-likeness (QED) is 0.667. The van der Waals surface area contributed by atoms with Gasteiger partial charge in [-0.3, -0.25) is 0 Å². The molecule has 76 valence electrons. The minimum Gasteiger partial charge on any atom is -0.324 e. The van der Waals surface area contributed by atoms with Gasteiger partial charge in [-0.05, 0) is 36.3 Å². The molecule has 14 heavy (non-hydrogen) atoms. The second-order valence-electron chi connectivity index (χ2n) is 5.35. The maximum absolute atomic E-state index is 6.19. The summed E-state index contributed by atoms with van der Waals surface area (Å²) in [5.74, 6) is 0. The molecule has 1 aliphatic carbocycles. The highest BCUT2D eigenvalue weighted by atomic mass is 14.7. The molecule has 1 aliphatic rings. The smallest absolute Gasteiger partial charge is 0.0302 e. The Bertz CT molecular complexity index is 352. The van der Waals surface area contributed by atoms with E-state index in [4.69, 9.17) is 5.73 Å². The third-order valence-electron chi connectivity index (χ3n) is 3.14. The van der Waals surface area contributed by atoms with Crippen LogP contribution < -0.4 is 5.73 Å². The first-order chi connectivity index (χ1) is 6.48. The Morgan fingerprint density at radius 2 is 2.07 bits per heavy atom. The fourth-order valence-electron chi connectivity index (χ4n) is 2.51. The molecule has 2 rings (SSSR count). The van der Waals surface area contributed by atoms with Gasteiger partial charge >= 0.3 is 0 Å². The monoisotopic (exact) mass is 189 g/mol.